The first-order valence-corrected chi connectivity index (χ1v) is 5.33. The first-order valence-electron chi connectivity index (χ1n) is 3.82. The highest BCUT2D eigenvalue weighted by molar-refractivity contribution is 6.53. The molecule has 0 radical (unpaired) electrons. The molecule has 1 rings (SSSR count). The Balaban J connectivity index is 3.60. The molecule has 82 valence electrons. The summed E-state index contributed by atoms with van der Waals surface area (Å²) in [6, 6.07) is 0. The van der Waals surface area contributed by atoms with Crippen molar-refractivity contribution in [3.05, 3.63) is 31.2 Å². The molecule has 0 aliphatic carbocycles. The summed E-state index contributed by atoms with van der Waals surface area (Å²) in [5.74, 6) is -0.599. The number of carbonyl (C=O) groups excluding carboxylic acids is 1. The smallest absolute Gasteiger partial charge is 0.339 e. The molecule has 0 saturated carbocycles. The summed E-state index contributed by atoms with van der Waals surface area (Å²) >= 11 is 23.4. The summed E-state index contributed by atoms with van der Waals surface area (Å²) in [5.41, 5.74) is 0.585. The van der Waals surface area contributed by atoms with E-state index < -0.39 is 5.97 Å². The third-order valence-electron chi connectivity index (χ3n) is 1.89. The highest BCUT2D eigenvalue weighted by atomic mass is 35.5. The van der Waals surface area contributed by atoms with Gasteiger partial charge in [0.1, 0.15) is 0 Å². The first-order chi connectivity index (χ1) is 6.91. The predicted molar refractivity (Wildman–Crippen MR) is 62.6 cm³/mol. The van der Waals surface area contributed by atoms with Gasteiger partial charge in [0, 0.05) is 0 Å². The Hall–Kier alpha value is -0.150. The Labute approximate surface area is 107 Å². The second-order valence-corrected chi connectivity index (χ2v) is 4.26. The number of halogens is 4. The molecular formula is C9H6Cl4O2. The quantitative estimate of drug-likeness (QED) is 0.435. The van der Waals surface area contributed by atoms with Gasteiger partial charge in [0.05, 0.1) is 32.8 Å². The second-order valence-electron chi connectivity index (χ2n) is 2.75. The standard InChI is InChI=1S/C9H6Cl4O2/c1-3-4(9(14)15-2)6(11)8(13)7(12)5(3)10/h1-2H3. The monoisotopic (exact) mass is 286 g/mol. The second kappa shape index (κ2) is 4.79. The zero-order chi connectivity index (χ0) is 11.7. The van der Waals surface area contributed by atoms with Gasteiger partial charge in [0.15, 0.2) is 0 Å². The van der Waals surface area contributed by atoms with Crippen LogP contribution in [0, 0.1) is 6.92 Å². The molecule has 0 aromatic heterocycles. The number of hydrogen-bond acceptors (Lipinski definition) is 2. The lowest BCUT2D eigenvalue weighted by molar-refractivity contribution is 0.0600. The fourth-order valence-electron chi connectivity index (χ4n) is 1.09. The summed E-state index contributed by atoms with van der Waals surface area (Å²) < 4.78 is 4.56. The van der Waals surface area contributed by atoms with Crippen molar-refractivity contribution in [3.63, 3.8) is 0 Å². The molecule has 0 unspecified atom stereocenters. The minimum atomic E-state index is -0.599. The van der Waals surface area contributed by atoms with Crippen molar-refractivity contribution in [2.75, 3.05) is 7.11 Å². The maximum absolute atomic E-state index is 11.4. The molecule has 1 aromatic carbocycles. The van der Waals surface area contributed by atoms with Gasteiger partial charge in [-0.25, -0.2) is 4.79 Å². The van der Waals surface area contributed by atoms with Gasteiger partial charge in [-0.1, -0.05) is 46.4 Å². The molecule has 0 aliphatic heterocycles. The molecule has 2 nitrogen and oxygen atoms in total. The van der Waals surface area contributed by atoms with Crippen molar-refractivity contribution in [2.45, 2.75) is 6.92 Å². The maximum atomic E-state index is 11.4. The van der Waals surface area contributed by atoms with Gasteiger partial charge < -0.3 is 4.74 Å². The van der Waals surface area contributed by atoms with Crippen LogP contribution in [0.25, 0.3) is 0 Å². The minimum absolute atomic E-state index is 0.0503. The summed E-state index contributed by atoms with van der Waals surface area (Å²) in [4.78, 5) is 11.4. The molecule has 0 saturated heterocycles. The maximum Gasteiger partial charge on any atom is 0.339 e. The third kappa shape index (κ3) is 2.18. The van der Waals surface area contributed by atoms with Crippen LogP contribution >= 0.6 is 46.4 Å². The molecule has 0 amide bonds. The summed E-state index contributed by atoms with van der Waals surface area (Å²) in [6.45, 7) is 1.61. The van der Waals surface area contributed by atoms with Gasteiger partial charge in [-0.15, -0.1) is 0 Å². The van der Waals surface area contributed by atoms with E-state index in [1.54, 1.807) is 6.92 Å². The molecule has 15 heavy (non-hydrogen) atoms. The number of hydrogen-bond donors (Lipinski definition) is 0. The average molecular weight is 288 g/mol. The lowest BCUT2D eigenvalue weighted by atomic mass is 10.1. The zero-order valence-electron chi connectivity index (χ0n) is 7.83. The molecule has 1 aromatic rings. The van der Waals surface area contributed by atoms with Crippen LogP contribution in [0.3, 0.4) is 0 Å². The van der Waals surface area contributed by atoms with Crippen LogP contribution in [0.1, 0.15) is 15.9 Å². The topological polar surface area (TPSA) is 26.3 Å². The normalized spacial score (nSPS) is 10.3. The molecule has 6 heteroatoms. The van der Waals surface area contributed by atoms with Gasteiger partial charge in [0.25, 0.3) is 0 Å². The number of methoxy groups -OCH3 is 1. The summed E-state index contributed by atoms with van der Waals surface area (Å²) in [6.07, 6.45) is 0. The molecule has 0 heterocycles. The van der Waals surface area contributed by atoms with E-state index in [2.05, 4.69) is 4.74 Å². The average Bonchev–Trinajstić information content (AvgIpc) is 2.23. The zero-order valence-corrected chi connectivity index (χ0v) is 10.9. The fraction of sp³-hybridized carbons (Fsp3) is 0.222. The minimum Gasteiger partial charge on any atom is -0.465 e. The number of esters is 1. The lowest BCUT2D eigenvalue weighted by Gasteiger charge is -2.11. The van der Waals surface area contributed by atoms with Gasteiger partial charge >= 0.3 is 5.97 Å². The molecule has 0 N–H and O–H groups in total. The molecule has 0 aliphatic rings. The Morgan fingerprint density at radius 2 is 1.47 bits per heavy atom. The van der Waals surface area contributed by atoms with E-state index in [-0.39, 0.29) is 25.7 Å². The number of rotatable bonds is 1. The number of carbonyl (C=O) groups is 1. The van der Waals surface area contributed by atoms with Crippen molar-refractivity contribution < 1.29 is 9.53 Å². The van der Waals surface area contributed by atoms with E-state index in [9.17, 15) is 4.79 Å². The fourth-order valence-corrected chi connectivity index (χ4v) is 2.11. The Bertz CT molecular complexity index is 400. The molecule has 0 spiro atoms. The number of benzene rings is 1. The first kappa shape index (κ1) is 12.9. The van der Waals surface area contributed by atoms with E-state index in [1.165, 1.54) is 7.11 Å². The van der Waals surface area contributed by atoms with Crippen LogP contribution in [0.4, 0.5) is 0 Å². The SMILES string of the molecule is COC(=O)c1c(C)c(Cl)c(Cl)c(Cl)c1Cl. The van der Waals surface area contributed by atoms with Gasteiger partial charge in [-0.2, -0.15) is 0 Å². The van der Waals surface area contributed by atoms with Crippen LogP contribution in [-0.4, -0.2) is 13.1 Å². The summed E-state index contributed by atoms with van der Waals surface area (Å²) in [5, 5.41) is 0.435. The highest BCUT2D eigenvalue weighted by Gasteiger charge is 2.22. The van der Waals surface area contributed by atoms with Gasteiger partial charge in [-0.3, -0.25) is 0 Å². The highest BCUT2D eigenvalue weighted by Crippen LogP contribution is 2.41. The Kier molecular flexibility index (Phi) is 4.13. The predicted octanol–water partition coefficient (Wildman–Crippen LogP) is 4.40. The van der Waals surface area contributed by atoms with E-state index in [0.717, 1.165) is 0 Å². The van der Waals surface area contributed by atoms with Crippen LogP contribution in [0.5, 0.6) is 0 Å². The Morgan fingerprint density at radius 3 is 1.93 bits per heavy atom. The van der Waals surface area contributed by atoms with E-state index >= 15 is 0 Å². The Morgan fingerprint density at radius 1 is 1.00 bits per heavy atom. The van der Waals surface area contributed by atoms with Crippen LogP contribution in [0.15, 0.2) is 0 Å². The largest absolute Gasteiger partial charge is 0.465 e. The van der Waals surface area contributed by atoms with Crippen LogP contribution < -0.4 is 0 Å². The molecule has 0 bridgehead atoms. The lowest BCUT2D eigenvalue weighted by Crippen LogP contribution is -2.06. The van der Waals surface area contributed by atoms with E-state index in [1.807, 2.05) is 0 Å². The summed E-state index contributed by atoms with van der Waals surface area (Å²) in [7, 11) is 1.24. The van der Waals surface area contributed by atoms with Crippen molar-refractivity contribution in [3.8, 4) is 0 Å². The van der Waals surface area contributed by atoms with E-state index in [0.29, 0.717) is 5.56 Å². The molecule has 0 atom stereocenters. The van der Waals surface area contributed by atoms with Crippen molar-refractivity contribution in [1.82, 2.24) is 0 Å². The van der Waals surface area contributed by atoms with Crippen molar-refractivity contribution in [2.24, 2.45) is 0 Å². The molecular weight excluding hydrogens is 282 g/mol. The number of ether oxygens (including phenoxy) is 1. The van der Waals surface area contributed by atoms with Crippen LogP contribution in [-0.2, 0) is 4.74 Å². The van der Waals surface area contributed by atoms with E-state index in [4.69, 9.17) is 46.4 Å². The molecule has 0 fully saturated rings. The van der Waals surface area contributed by atoms with Gasteiger partial charge in [-0.05, 0) is 12.5 Å². The third-order valence-corrected chi connectivity index (χ3v) is 3.79. The van der Waals surface area contributed by atoms with Gasteiger partial charge in [0.2, 0.25) is 0 Å². The van der Waals surface area contributed by atoms with Crippen molar-refractivity contribution >= 4 is 52.4 Å². The van der Waals surface area contributed by atoms with Crippen LogP contribution in [0.2, 0.25) is 20.1 Å². The van der Waals surface area contributed by atoms with Crippen molar-refractivity contribution in [1.29, 1.82) is 0 Å².